The molecular formula is C20H22ClFN4O. The number of H-pyrrole nitrogens is 1. The molecule has 1 heterocycles. The molecule has 3 rings (SSSR count). The fourth-order valence-electron chi connectivity index (χ4n) is 2.87. The second-order valence-corrected chi connectivity index (χ2v) is 7.12. The number of nitrogens with one attached hydrogen (secondary N) is 2. The molecule has 0 aliphatic carbocycles. The average Bonchev–Trinajstić information content (AvgIpc) is 3.08. The Morgan fingerprint density at radius 2 is 1.78 bits per heavy atom. The van der Waals surface area contributed by atoms with Gasteiger partial charge < -0.3 is 21.8 Å². The summed E-state index contributed by atoms with van der Waals surface area (Å²) in [6.45, 7) is 0.346. The lowest BCUT2D eigenvalue weighted by molar-refractivity contribution is 0.0946. The maximum Gasteiger partial charge on any atom is 0.267 e. The Labute approximate surface area is 161 Å². The first-order valence-corrected chi connectivity index (χ1v) is 9.18. The van der Waals surface area contributed by atoms with E-state index in [0.717, 1.165) is 22.0 Å². The minimum absolute atomic E-state index is 0.201. The van der Waals surface area contributed by atoms with Crippen molar-refractivity contribution in [1.29, 1.82) is 0 Å². The normalized spacial score (nSPS) is 13.5. The number of nitrogens with two attached hydrogens (primary N) is 2. The van der Waals surface area contributed by atoms with Crippen molar-refractivity contribution in [1.82, 2.24) is 10.3 Å². The van der Waals surface area contributed by atoms with Gasteiger partial charge in [0, 0.05) is 23.5 Å². The number of rotatable bonds is 7. The van der Waals surface area contributed by atoms with E-state index in [1.165, 1.54) is 12.1 Å². The van der Waals surface area contributed by atoms with Gasteiger partial charge in [-0.1, -0.05) is 18.2 Å². The Morgan fingerprint density at radius 3 is 2.48 bits per heavy atom. The summed E-state index contributed by atoms with van der Waals surface area (Å²) in [5, 5.41) is 3.72. The van der Waals surface area contributed by atoms with Crippen LogP contribution in [-0.2, 0) is 0 Å². The fourth-order valence-corrected chi connectivity index (χ4v) is 3.00. The van der Waals surface area contributed by atoms with Crippen molar-refractivity contribution >= 4 is 28.4 Å². The maximum atomic E-state index is 13.1. The molecule has 2 atom stereocenters. The topological polar surface area (TPSA) is 96.9 Å². The zero-order valence-corrected chi connectivity index (χ0v) is 15.5. The summed E-state index contributed by atoms with van der Waals surface area (Å²) >= 11 is 5.70. The lowest BCUT2D eigenvalue weighted by Gasteiger charge is -2.12. The van der Waals surface area contributed by atoms with E-state index >= 15 is 0 Å². The zero-order valence-electron chi connectivity index (χ0n) is 14.7. The van der Waals surface area contributed by atoms with Gasteiger partial charge in [0.2, 0.25) is 0 Å². The average molecular weight is 389 g/mol. The molecule has 0 aliphatic rings. The lowest BCUT2D eigenvalue weighted by atomic mass is 10.0. The largest absolute Gasteiger partial charge is 0.351 e. The van der Waals surface area contributed by atoms with Crippen LogP contribution in [-0.4, -0.2) is 29.0 Å². The van der Waals surface area contributed by atoms with E-state index < -0.39 is 5.50 Å². The number of alkyl halides is 1. The van der Waals surface area contributed by atoms with Crippen LogP contribution in [0.3, 0.4) is 0 Å². The van der Waals surface area contributed by atoms with Crippen LogP contribution < -0.4 is 16.8 Å². The van der Waals surface area contributed by atoms with Crippen molar-refractivity contribution in [2.45, 2.75) is 24.4 Å². The molecular weight excluding hydrogens is 367 g/mol. The number of benzene rings is 2. The number of hydrogen-bond acceptors (Lipinski definition) is 3. The highest BCUT2D eigenvalue weighted by atomic mass is 35.5. The highest BCUT2D eigenvalue weighted by Gasteiger charge is 2.12. The molecule has 2 unspecified atom stereocenters. The van der Waals surface area contributed by atoms with Crippen LogP contribution in [0.1, 0.15) is 23.3 Å². The van der Waals surface area contributed by atoms with Crippen molar-refractivity contribution in [3.8, 4) is 11.1 Å². The molecule has 6 N–H and O–H groups in total. The number of aromatic nitrogens is 1. The van der Waals surface area contributed by atoms with E-state index in [-0.39, 0.29) is 17.8 Å². The molecule has 0 saturated heterocycles. The van der Waals surface area contributed by atoms with Gasteiger partial charge in [-0.15, -0.1) is 11.6 Å². The number of hydrogen-bond donors (Lipinski definition) is 4. The number of halogens is 2. The third-order valence-corrected chi connectivity index (χ3v) is 4.60. The third kappa shape index (κ3) is 5.07. The monoisotopic (exact) mass is 388 g/mol. The maximum absolute atomic E-state index is 13.1. The summed E-state index contributed by atoms with van der Waals surface area (Å²) in [4.78, 5) is 15.5. The summed E-state index contributed by atoms with van der Waals surface area (Å²) in [7, 11) is 0. The van der Waals surface area contributed by atoms with Crippen LogP contribution >= 0.6 is 11.6 Å². The number of amides is 1. The molecule has 1 amide bonds. The van der Waals surface area contributed by atoms with Crippen molar-refractivity contribution in [2.75, 3.05) is 6.54 Å². The summed E-state index contributed by atoms with van der Waals surface area (Å²) in [5.74, 6) is -0.494. The van der Waals surface area contributed by atoms with Gasteiger partial charge in [-0.25, -0.2) is 4.39 Å². The van der Waals surface area contributed by atoms with E-state index in [1.54, 1.807) is 18.2 Å². The fraction of sp³-hybridized carbons (Fsp3) is 0.250. The molecule has 5 nitrogen and oxygen atoms in total. The van der Waals surface area contributed by atoms with Gasteiger partial charge in [0.15, 0.2) is 0 Å². The molecule has 1 aromatic heterocycles. The van der Waals surface area contributed by atoms with E-state index in [4.69, 9.17) is 23.1 Å². The van der Waals surface area contributed by atoms with Crippen LogP contribution in [0.4, 0.5) is 4.39 Å². The first-order valence-electron chi connectivity index (χ1n) is 8.74. The predicted octanol–water partition coefficient (Wildman–Crippen LogP) is 3.33. The van der Waals surface area contributed by atoms with E-state index in [0.29, 0.717) is 25.1 Å². The quantitative estimate of drug-likeness (QED) is 0.369. The minimum atomic E-state index is -0.421. The van der Waals surface area contributed by atoms with Gasteiger partial charge in [0.05, 0.1) is 5.50 Å². The zero-order chi connectivity index (χ0) is 19.4. The number of carbonyl (C=O) groups is 1. The smallest absolute Gasteiger partial charge is 0.267 e. The van der Waals surface area contributed by atoms with Crippen LogP contribution in [0.15, 0.2) is 48.5 Å². The predicted molar refractivity (Wildman–Crippen MR) is 107 cm³/mol. The van der Waals surface area contributed by atoms with Crippen LogP contribution in [0, 0.1) is 5.82 Å². The molecule has 0 fully saturated rings. The second kappa shape index (κ2) is 8.52. The third-order valence-electron chi connectivity index (χ3n) is 4.38. The lowest BCUT2D eigenvalue weighted by Crippen LogP contribution is -2.38. The van der Waals surface area contributed by atoms with Gasteiger partial charge in [-0.05, 0) is 54.3 Å². The molecule has 0 radical (unpaired) electrons. The van der Waals surface area contributed by atoms with Gasteiger partial charge in [0.1, 0.15) is 11.5 Å². The Morgan fingerprint density at radius 1 is 1.07 bits per heavy atom. The van der Waals surface area contributed by atoms with E-state index in [1.807, 2.05) is 18.2 Å². The van der Waals surface area contributed by atoms with Crippen molar-refractivity contribution in [2.24, 2.45) is 11.5 Å². The van der Waals surface area contributed by atoms with Crippen LogP contribution in [0.2, 0.25) is 0 Å². The first-order chi connectivity index (χ1) is 12.9. The molecule has 7 heteroatoms. The summed E-state index contributed by atoms with van der Waals surface area (Å²) in [5.41, 5.74) is 14.2. The van der Waals surface area contributed by atoms with Crippen molar-refractivity contribution in [3.05, 3.63) is 60.0 Å². The molecule has 0 spiro atoms. The Hall–Kier alpha value is -2.41. The minimum Gasteiger partial charge on any atom is -0.351 e. The Balaban J connectivity index is 1.69. The summed E-state index contributed by atoms with van der Waals surface area (Å²) < 4.78 is 13.1. The highest BCUT2D eigenvalue weighted by Crippen LogP contribution is 2.25. The van der Waals surface area contributed by atoms with Crippen LogP contribution in [0.25, 0.3) is 22.0 Å². The molecule has 27 heavy (non-hydrogen) atoms. The second-order valence-electron chi connectivity index (χ2n) is 6.56. The Bertz CT molecular complexity index is 923. The number of aromatic amines is 1. The van der Waals surface area contributed by atoms with Gasteiger partial charge in [-0.3, -0.25) is 4.79 Å². The number of fused-ring (bicyclic) bond motifs is 1. The SMILES string of the molecule is NC(Cl)CCC(N)CNC(=O)c1cc2cc(-c3ccc(F)cc3)ccc2[nH]1. The molecule has 2 aromatic carbocycles. The van der Waals surface area contributed by atoms with E-state index in [2.05, 4.69) is 10.3 Å². The Kier molecular flexibility index (Phi) is 6.11. The highest BCUT2D eigenvalue weighted by molar-refractivity contribution is 6.20. The molecule has 0 bridgehead atoms. The molecule has 0 saturated carbocycles. The van der Waals surface area contributed by atoms with Gasteiger partial charge >= 0.3 is 0 Å². The van der Waals surface area contributed by atoms with E-state index in [9.17, 15) is 9.18 Å². The standard InChI is InChI=1S/C20H22ClFN4O/c21-19(24)8-6-16(23)11-25-20(27)18-10-14-9-13(3-7-17(14)26-18)12-1-4-15(22)5-2-12/h1-5,7,9-10,16,19,26H,6,8,11,23-24H2,(H,25,27). The molecule has 0 aliphatic heterocycles. The van der Waals surface area contributed by atoms with Gasteiger partial charge in [-0.2, -0.15) is 0 Å². The summed E-state index contributed by atoms with van der Waals surface area (Å²) in [6.07, 6.45) is 1.23. The van der Waals surface area contributed by atoms with Crippen molar-refractivity contribution in [3.63, 3.8) is 0 Å². The van der Waals surface area contributed by atoms with Crippen molar-refractivity contribution < 1.29 is 9.18 Å². The molecule has 142 valence electrons. The number of carbonyl (C=O) groups excluding carboxylic acids is 1. The van der Waals surface area contributed by atoms with Crippen LogP contribution in [0.5, 0.6) is 0 Å². The molecule has 3 aromatic rings. The van der Waals surface area contributed by atoms with Gasteiger partial charge in [0.25, 0.3) is 5.91 Å². The summed E-state index contributed by atoms with van der Waals surface area (Å²) in [6, 6.07) is 13.7. The first kappa shape index (κ1) is 19.4.